The van der Waals surface area contributed by atoms with Gasteiger partial charge in [-0.05, 0) is 50.1 Å². The number of hydrogen-bond donors (Lipinski definition) is 3. The van der Waals surface area contributed by atoms with Crippen molar-refractivity contribution in [3.8, 4) is 6.07 Å². The summed E-state index contributed by atoms with van der Waals surface area (Å²) < 4.78 is 0. The van der Waals surface area contributed by atoms with Crippen LogP contribution in [0, 0.1) is 25.2 Å². The Morgan fingerprint density at radius 2 is 1.62 bits per heavy atom. The first-order valence-electron chi connectivity index (χ1n) is 11.9. The van der Waals surface area contributed by atoms with Crippen molar-refractivity contribution in [2.75, 3.05) is 16.4 Å². The van der Waals surface area contributed by atoms with E-state index in [0.29, 0.717) is 27.6 Å². The van der Waals surface area contributed by atoms with Crippen LogP contribution in [-0.4, -0.2) is 17.6 Å². The maximum absolute atomic E-state index is 13.4. The highest BCUT2D eigenvalue weighted by Gasteiger charge is 2.34. The van der Waals surface area contributed by atoms with E-state index in [9.17, 15) is 14.9 Å². The van der Waals surface area contributed by atoms with E-state index >= 15 is 0 Å². The number of dihydropyridines is 1. The van der Waals surface area contributed by atoms with Crippen LogP contribution in [0.25, 0.3) is 0 Å². The van der Waals surface area contributed by atoms with Gasteiger partial charge in [0.1, 0.15) is 0 Å². The minimum Gasteiger partial charge on any atom is -0.353 e. The fraction of sp³-hybridized carbons (Fsp3) is 0.167. The maximum Gasteiger partial charge on any atom is 0.254 e. The van der Waals surface area contributed by atoms with Crippen molar-refractivity contribution in [2.45, 2.75) is 26.7 Å². The summed E-state index contributed by atoms with van der Waals surface area (Å²) in [6, 6.07) is 26.9. The lowest BCUT2D eigenvalue weighted by Crippen LogP contribution is -2.31. The van der Waals surface area contributed by atoms with E-state index < -0.39 is 5.92 Å². The summed E-state index contributed by atoms with van der Waals surface area (Å²) in [7, 11) is 0. The molecule has 1 aliphatic rings. The highest BCUT2D eigenvalue weighted by atomic mass is 32.2. The Morgan fingerprint density at radius 1 is 0.946 bits per heavy atom. The lowest BCUT2D eigenvalue weighted by molar-refractivity contribution is -0.114. The third-order valence-electron chi connectivity index (χ3n) is 6.06. The van der Waals surface area contributed by atoms with E-state index in [1.54, 1.807) is 0 Å². The number of nitrogens with one attached hydrogen (secondary N) is 3. The van der Waals surface area contributed by atoms with Crippen molar-refractivity contribution in [3.63, 3.8) is 0 Å². The van der Waals surface area contributed by atoms with E-state index in [2.05, 4.69) is 22.0 Å². The Hall–Kier alpha value is -4.28. The summed E-state index contributed by atoms with van der Waals surface area (Å²) >= 11 is 1.25. The van der Waals surface area contributed by atoms with Gasteiger partial charge >= 0.3 is 0 Å². The summed E-state index contributed by atoms with van der Waals surface area (Å²) in [4.78, 5) is 26.2. The maximum atomic E-state index is 13.4. The van der Waals surface area contributed by atoms with Crippen molar-refractivity contribution >= 4 is 35.0 Å². The third-order valence-corrected chi connectivity index (χ3v) is 7.08. The molecule has 2 amide bonds. The average Bonchev–Trinajstić information content (AvgIpc) is 2.89. The molecule has 1 heterocycles. The number of anilines is 2. The number of nitrogens with zero attached hydrogens (tertiary/aromatic N) is 1. The number of carbonyl (C=O) groups is 2. The van der Waals surface area contributed by atoms with Gasteiger partial charge in [0.05, 0.1) is 28.3 Å². The van der Waals surface area contributed by atoms with Crippen LogP contribution in [-0.2, 0) is 9.59 Å². The molecule has 0 unspecified atom stereocenters. The smallest absolute Gasteiger partial charge is 0.254 e. The normalized spacial score (nSPS) is 15.0. The molecule has 3 aromatic carbocycles. The van der Waals surface area contributed by atoms with E-state index in [0.717, 1.165) is 22.4 Å². The number of carbonyl (C=O) groups excluding carboxylic acids is 2. The second kappa shape index (κ2) is 11.6. The fourth-order valence-electron chi connectivity index (χ4n) is 4.30. The predicted molar refractivity (Wildman–Crippen MR) is 150 cm³/mol. The van der Waals surface area contributed by atoms with Gasteiger partial charge < -0.3 is 16.0 Å². The number of benzene rings is 3. The molecule has 0 bridgehead atoms. The van der Waals surface area contributed by atoms with Gasteiger partial charge in [-0.3, -0.25) is 9.59 Å². The molecule has 0 aromatic heterocycles. The van der Waals surface area contributed by atoms with Crippen LogP contribution in [0.15, 0.2) is 101 Å². The van der Waals surface area contributed by atoms with Gasteiger partial charge in [0.25, 0.3) is 5.91 Å². The molecule has 186 valence electrons. The molecular formula is C30H28N4O2S. The zero-order valence-electron chi connectivity index (χ0n) is 21.0. The highest BCUT2D eigenvalue weighted by Crippen LogP contribution is 2.41. The summed E-state index contributed by atoms with van der Waals surface area (Å²) in [6.07, 6.45) is 0. The Kier molecular flexibility index (Phi) is 8.11. The Bertz CT molecular complexity index is 1420. The van der Waals surface area contributed by atoms with Crippen LogP contribution in [0.5, 0.6) is 0 Å². The number of rotatable bonds is 7. The fourth-order valence-corrected chi connectivity index (χ4v) is 5.20. The number of aryl methyl sites for hydroxylation is 2. The molecule has 0 fully saturated rings. The first-order valence-corrected chi connectivity index (χ1v) is 12.9. The molecule has 0 saturated heterocycles. The van der Waals surface area contributed by atoms with Crippen LogP contribution < -0.4 is 16.0 Å². The molecule has 0 saturated carbocycles. The van der Waals surface area contributed by atoms with Crippen molar-refractivity contribution in [2.24, 2.45) is 0 Å². The molecular weight excluding hydrogens is 480 g/mol. The number of nitriles is 1. The summed E-state index contributed by atoms with van der Waals surface area (Å²) in [5.41, 5.74) is 5.89. The molecule has 0 spiro atoms. The standard InChI is InChI=1S/C30H28N4O2S/c1-19-14-15-25(20(2)16-19)34-26(35)18-37-30-24(17-31)28(22-10-6-4-7-11-22)27(21(3)32-30)29(36)33-23-12-8-5-9-13-23/h4-16,28,32H,18H2,1-3H3,(H,33,36)(H,34,35)/t28-/m1/s1. The third kappa shape index (κ3) is 6.11. The lowest BCUT2D eigenvalue weighted by atomic mass is 9.82. The Labute approximate surface area is 221 Å². The van der Waals surface area contributed by atoms with Crippen LogP contribution in [0.1, 0.15) is 29.5 Å². The first-order chi connectivity index (χ1) is 17.9. The van der Waals surface area contributed by atoms with Gasteiger partial charge in [0, 0.05) is 22.6 Å². The minimum absolute atomic E-state index is 0.112. The molecule has 6 nitrogen and oxygen atoms in total. The molecule has 1 aliphatic heterocycles. The molecule has 1 atom stereocenters. The van der Waals surface area contributed by atoms with Crippen LogP contribution in [0.4, 0.5) is 11.4 Å². The number of hydrogen-bond acceptors (Lipinski definition) is 5. The summed E-state index contributed by atoms with van der Waals surface area (Å²) in [6.45, 7) is 5.78. The van der Waals surface area contributed by atoms with Gasteiger partial charge in [0.2, 0.25) is 5.91 Å². The lowest BCUT2D eigenvalue weighted by Gasteiger charge is -2.30. The van der Waals surface area contributed by atoms with E-state index in [1.807, 2.05) is 99.6 Å². The average molecular weight is 509 g/mol. The van der Waals surface area contributed by atoms with Crippen LogP contribution in [0.2, 0.25) is 0 Å². The van der Waals surface area contributed by atoms with Crippen LogP contribution >= 0.6 is 11.8 Å². The van der Waals surface area contributed by atoms with Gasteiger partial charge in [-0.15, -0.1) is 0 Å². The summed E-state index contributed by atoms with van der Waals surface area (Å²) in [5.74, 6) is -0.911. The van der Waals surface area contributed by atoms with Crippen molar-refractivity contribution in [3.05, 3.63) is 117 Å². The van der Waals surface area contributed by atoms with E-state index in [1.165, 1.54) is 11.8 Å². The van der Waals surface area contributed by atoms with Crippen molar-refractivity contribution < 1.29 is 9.59 Å². The van der Waals surface area contributed by atoms with Gasteiger partial charge in [-0.1, -0.05) is 78.0 Å². The predicted octanol–water partition coefficient (Wildman–Crippen LogP) is 6.01. The van der Waals surface area contributed by atoms with Gasteiger partial charge in [-0.2, -0.15) is 5.26 Å². The Balaban J connectivity index is 1.60. The molecule has 4 rings (SSSR count). The monoisotopic (exact) mass is 508 g/mol. The molecule has 37 heavy (non-hydrogen) atoms. The Morgan fingerprint density at radius 3 is 2.27 bits per heavy atom. The second-order valence-electron chi connectivity index (χ2n) is 8.84. The first kappa shape index (κ1) is 25.8. The molecule has 3 N–H and O–H groups in total. The highest BCUT2D eigenvalue weighted by molar-refractivity contribution is 8.03. The minimum atomic E-state index is -0.568. The quantitative estimate of drug-likeness (QED) is 0.363. The number of para-hydroxylation sites is 1. The number of amides is 2. The number of thioether (sulfide) groups is 1. The zero-order chi connectivity index (χ0) is 26.4. The molecule has 3 aromatic rings. The number of allylic oxidation sites excluding steroid dienone is 2. The summed E-state index contributed by atoms with van der Waals surface area (Å²) in [5, 5.41) is 19.9. The van der Waals surface area contributed by atoms with E-state index in [-0.39, 0.29) is 17.6 Å². The largest absolute Gasteiger partial charge is 0.353 e. The SMILES string of the molecule is CC1=C(C(=O)Nc2ccccc2)[C@H](c2ccccc2)C(C#N)=C(SCC(=O)Nc2ccc(C)cc2C)N1. The van der Waals surface area contributed by atoms with Crippen LogP contribution in [0.3, 0.4) is 0 Å². The van der Waals surface area contributed by atoms with Gasteiger partial charge in [-0.25, -0.2) is 0 Å². The molecule has 7 heteroatoms. The molecule has 0 radical (unpaired) electrons. The zero-order valence-corrected chi connectivity index (χ0v) is 21.8. The molecule has 0 aliphatic carbocycles. The van der Waals surface area contributed by atoms with Crippen molar-refractivity contribution in [1.29, 1.82) is 5.26 Å². The van der Waals surface area contributed by atoms with Crippen molar-refractivity contribution in [1.82, 2.24) is 5.32 Å². The topological polar surface area (TPSA) is 94.0 Å². The second-order valence-corrected chi connectivity index (χ2v) is 9.82. The van der Waals surface area contributed by atoms with E-state index in [4.69, 9.17) is 0 Å². The van der Waals surface area contributed by atoms with Gasteiger partial charge in [0.15, 0.2) is 0 Å².